The van der Waals surface area contributed by atoms with Crippen molar-refractivity contribution in [2.75, 3.05) is 13.7 Å². The topological polar surface area (TPSA) is 147 Å². The number of halogens is 3. The minimum atomic E-state index is -4.24. The smallest absolute Gasteiger partial charge is 0.286 e. The quantitative estimate of drug-likeness (QED) is 0.246. The zero-order chi connectivity index (χ0) is 29.2. The summed E-state index contributed by atoms with van der Waals surface area (Å²) in [6, 6.07) is 13.5. The van der Waals surface area contributed by atoms with E-state index >= 15 is 0 Å². The van der Waals surface area contributed by atoms with E-state index in [1.807, 2.05) is 0 Å². The van der Waals surface area contributed by atoms with Crippen molar-refractivity contribution in [1.82, 2.24) is 34.4 Å². The normalized spacial score (nSPS) is 13.1. The molecule has 1 unspecified atom stereocenters. The summed E-state index contributed by atoms with van der Waals surface area (Å²) in [5, 5.41) is 27.4. The van der Waals surface area contributed by atoms with E-state index in [4.69, 9.17) is 32.7 Å². The average Bonchev–Trinajstić information content (AvgIpc) is 3.65. The lowest BCUT2D eigenvalue weighted by molar-refractivity contribution is -0.0274. The molecule has 0 aliphatic heterocycles. The standard InChI is InChI=1S/C25H20Cl2FN7O5S/c1-39-23-10-16(24-31-32-33-35(24)41(37,38)19-6-4-18(28)5-7-19)2-9-22(23)40-13-25(36,12-34-15-29-14-30-34)20-8-3-17(26)11-21(20)27/h2-11,14-15,36H,12-13H2,1H3. The van der Waals surface area contributed by atoms with Gasteiger partial charge in [-0.25, -0.2) is 14.1 Å². The lowest BCUT2D eigenvalue weighted by Crippen LogP contribution is -2.38. The van der Waals surface area contributed by atoms with Gasteiger partial charge in [0.05, 0.1) is 18.6 Å². The predicted molar refractivity (Wildman–Crippen MR) is 145 cm³/mol. The summed E-state index contributed by atoms with van der Waals surface area (Å²) in [7, 11) is -2.85. The van der Waals surface area contributed by atoms with E-state index in [2.05, 4.69) is 25.6 Å². The van der Waals surface area contributed by atoms with Crippen molar-refractivity contribution in [3.05, 3.63) is 94.7 Å². The maximum Gasteiger partial charge on any atom is 0.286 e. The van der Waals surface area contributed by atoms with E-state index in [0.29, 0.717) is 14.7 Å². The molecule has 0 spiro atoms. The molecule has 1 N–H and O–H groups in total. The Morgan fingerprint density at radius 1 is 1.05 bits per heavy atom. The Kier molecular flexibility index (Phi) is 7.91. The molecular formula is C25H20Cl2FN7O5S. The zero-order valence-corrected chi connectivity index (χ0v) is 23.4. The van der Waals surface area contributed by atoms with E-state index in [9.17, 15) is 17.9 Å². The molecule has 2 aromatic heterocycles. The van der Waals surface area contributed by atoms with Crippen LogP contribution in [-0.4, -0.2) is 61.6 Å². The lowest BCUT2D eigenvalue weighted by atomic mass is 9.94. The highest BCUT2D eigenvalue weighted by Crippen LogP contribution is 2.36. The average molecular weight is 620 g/mol. The monoisotopic (exact) mass is 619 g/mol. The van der Waals surface area contributed by atoms with Crippen LogP contribution in [0.25, 0.3) is 11.4 Å². The van der Waals surface area contributed by atoms with Crippen molar-refractivity contribution in [2.45, 2.75) is 17.0 Å². The highest BCUT2D eigenvalue weighted by molar-refractivity contribution is 7.90. The molecule has 0 radical (unpaired) electrons. The fourth-order valence-electron chi connectivity index (χ4n) is 4.00. The van der Waals surface area contributed by atoms with Crippen LogP contribution in [0.2, 0.25) is 10.0 Å². The van der Waals surface area contributed by atoms with Gasteiger partial charge in [0.25, 0.3) is 10.0 Å². The number of methoxy groups -OCH3 is 1. The molecule has 3 aromatic carbocycles. The second-order valence-corrected chi connectivity index (χ2v) is 11.3. The Hall–Kier alpha value is -4.11. The van der Waals surface area contributed by atoms with Crippen LogP contribution in [0.15, 0.2) is 78.2 Å². The maximum absolute atomic E-state index is 13.3. The molecule has 0 bridgehead atoms. The number of aromatic nitrogens is 7. The van der Waals surface area contributed by atoms with Crippen LogP contribution >= 0.6 is 23.2 Å². The maximum atomic E-state index is 13.3. The van der Waals surface area contributed by atoms with Crippen LogP contribution in [0.4, 0.5) is 4.39 Å². The number of aliphatic hydroxyl groups is 1. The van der Waals surface area contributed by atoms with Gasteiger partial charge >= 0.3 is 0 Å². The van der Waals surface area contributed by atoms with Crippen molar-refractivity contribution in [2.24, 2.45) is 0 Å². The van der Waals surface area contributed by atoms with E-state index < -0.39 is 21.4 Å². The summed E-state index contributed by atoms with van der Waals surface area (Å²) in [6.07, 6.45) is 2.77. The summed E-state index contributed by atoms with van der Waals surface area (Å²) in [6.45, 7) is -0.342. The third kappa shape index (κ3) is 5.86. The second-order valence-electron chi connectivity index (χ2n) is 8.71. The van der Waals surface area contributed by atoms with Crippen molar-refractivity contribution in [1.29, 1.82) is 0 Å². The number of nitrogens with zero attached hydrogens (tertiary/aromatic N) is 7. The first-order valence-corrected chi connectivity index (χ1v) is 13.9. The van der Waals surface area contributed by atoms with E-state index in [-0.39, 0.29) is 46.0 Å². The van der Waals surface area contributed by atoms with E-state index in [1.165, 1.54) is 48.7 Å². The molecule has 16 heteroatoms. The summed E-state index contributed by atoms with van der Waals surface area (Å²) in [5.41, 5.74) is -1.05. The Balaban J connectivity index is 1.45. The van der Waals surface area contributed by atoms with Crippen molar-refractivity contribution >= 4 is 33.2 Å². The van der Waals surface area contributed by atoms with Gasteiger partial charge in [-0.15, -0.1) is 9.19 Å². The van der Waals surface area contributed by atoms with Crippen LogP contribution in [0.3, 0.4) is 0 Å². The van der Waals surface area contributed by atoms with Gasteiger partial charge in [-0.3, -0.25) is 0 Å². The Morgan fingerprint density at radius 3 is 2.51 bits per heavy atom. The largest absolute Gasteiger partial charge is 0.493 e. The first kappa shape index (κ1) is 28.4. The number of rotatable bonds is 10. The number of hydrogen-bond acceptors (Lipinski definition) is 10. The van der Waals surface area contributed by atoms with Crippen LogP contribution in [0.1, 0.15) is 5.56 Å². The molecule has 0 saturated heterocycles. The molecule has 0 fully saturated rings. The molecular weight excluding hydrogens is 600 g/mol. The van der Waals surface area contributed by atoms with Gasteiger partial charge in [0.15, 0.2) is 17.3 Å². The highest BCUT2D eigenvalue weighted by Gasteiger charge is 2.34. The molecule has 212 valence electrons. The molecule has 41 heavy (non-hydrogen) atoms. The van der Waals surface area contributed by atoms with E-state index in [0.717, 1.165) is 24.3 Å². The summed E-state index contributed by atoms with van der Waals surface area (Å²) >= 11 is 12.5. The van der Waals surface area contributed by atoms with Crippen LogP contribution in [0, 0.1) is 5.82 Å². The van der Waals surface area contributed by atoms with Gasteiger partial charge in [-0.05, 0) is 65.0 Å². The Morgan fingerprint density at radius 2 is 1.83 bits per heavy atom. The molecule has 5 aromatic rings. The van der Waals surface area contributed by atoms with Crippen LogP contribution in [0.5, 0.6) is 11.5 Å². The Labute approximate surface area is 242 Å². The second kappa shape index (κ2) is 11.4. The number of hydrogen-bond donors (Lipinski definition) is 1. The molecule has 0 saturated carbocycles. The third-order valence-corrected chi connectivity index (χ3v) is 8.11. The highest BCUT2D eigenvalue weighted by atomic mass is 35.5. The predicted octanol–water partition coefficient (Wildman–Crippen LogP) is 3.59. The third-order valence-electron chi connectivity index (χ3n) is 5.99. The first-order chi connectivity index (χ1) is 19.6. The summed E-state index contributed by atoms with van der Waals surface area (Å²) < 4.78 is 53.1. The van der Waals surface area contributed by atoms with Gasteiger partial charge in [0, 0.05) is 21.2 Å². The fourth-order valence-corrected chi connectivity index (χ4v) is 5.76. The molecule has 0 aliphatic rings. The van der Waals surface area contributed by atoms with Gasteiger partial charge < -0.3 is 14.6 Å². The fraction of sp³-hybridized carbons (Fsp3) is 0.160. The zero-order valence-electron chi connectivity index (χ0n) is 21.1. The van der Waals surface area contributed by atoms with Crippen molar-refractivity contribution < 1.29 is 27.4 Å². The molecule has 1 atom stereocenters. The minimum absolute atomic E-state index is 0.0508. The van der Waals surface area contributed by atoms with Gasteiger partial charge in [0.2, 0.25) is 0 Å². The van der Waals surface area contributed by atoms with Crippen molar-refractivity contribution in [3.63, 3.8) is 0 Å². The number of ether oxygens (including phenoxy) is 2. The SMILES string of the molecule is COc1cc(-c2nnnn2S(=O)(=O)c2ccc(F)cc2)ccc1OCC(O)(Cn1cncn1)c1ccc(Cl)cc1Cl. The minimum Gasteiger partial charge on any atom is -0.493 e. The van der Waals surface area contributed by atoms with E-state index in [1.54, 1.807) is 12.1 Å². The molecule has 12 nitrogen and oxygen atoms in total. The summed E-state index contributed by atoms with van der Waals surface area (Å²) in [4.78, 5) is 3.71. The molecule has 2 heterocycles. The van der Waals surface area contributed by atoms with Gasteiger partial charge in [-0.1, -0.05) is 29.3 Å². The van der Waals surface area contributed by atoms with Gasteiger partial charge in [-0.2, -0.15) is 13.5 Å². The van der Waals surface area contributed by atoms with Crippen LogP contribution < -0.4 is 9.47 Å². The first-order valence-electron chi connectivity index (χ1n) is 11.7. The number of tetrazole rings is 1. The number of benzene rings is 3. The summed E-state index contributed by atoms with van der Waals surface area (Å²) in [5.74, 6) is -0.289. The van der Waals surface area contributed by atoms with Gasteiger partial charge in [0.1, 0.15) is 30.7 Å². The molecule has 0 amide bonds. The lowest BCUT2D eigenvalue weighted by Gasteiger charge is -2.29. The molecule has 5 rings (SSSR count). The Bertz CT molecular complexity index is 1790. The van der Waals surface area contributed by atoms with Crippen molar-refractivity contribution in [3.8, 4) is 22.9 Å². The molecule has 0 aliphatic carbocycles. The van der Waals surface area contributed by atoms with Crippen LogP contribution in [-0.2, 0) is 22.2 Å².